The average Bonchev–Trinajstić information content (AvgIpc) is 2.97. The molecule has 0 aliphatic carbocycles. The number of benzene rings is 2. The second-order valence-electron chi connectivity index (χ2n) is 5.86. The highest BCUT2D eigenvalue weighted by molar-refractivity contribution is 5.89. The van der Waals surface area contributed by atoms with Crippen molar-refractivity contribution in [1.29, 1.82) is 0 Å². The van der Waals surface area contributed by atoms with Crippen LogP contribution in [0.25, 0.3) is 0 Å². The highest BCUT2D eigenvalue weighted by atomic mass is 16.5. The van der Waals surface area contributed by atoms with Crippen molar-refractivity contribution in [2.24, 2.45) is 0 Å². The Morgan fingerprint density at radius 3 is 2.35 bits per heavy atom. The zero-order chi connectivity index (χ0) is 18.4. The number of aromatic nitrogens is 2. The van der Waals surface area contributed by atoms with Gasteiger partial charge in [-0.3, -0.25) is 0 Å². The van der Waals surface area contributed by atoms with Crippen LogP contribution in [0.15, 0.2) is 60.7 Å². The van der Waals surface area contributed by atoms with Crippen molar-refractivity contribution in [3.8, 4) is 5.75 Å². The molecule has 3 aromatic rings. The zero-order valence-corrected chi connectivity index (χ0v) is 15.0. The standard InChI is InChI=1S/C21H22N2O3/c1-3-25-21(24)20-16(2)22-19(15-26-18-12-8-5-9-13-18)23(20)14-17-10-6-4-7-11-17/h4-13H,3,14-15H2,1-2H3. The van der Waals surface area contributed by atoms with Crippen molar-refractivity contribution in [3.05, 3.63) is 83.4 Å². The molecule has 0 saturated heterocycles. The van der Waals surface area contributed by atoms with Crippen LogP contribution in [0.3, 0.4) is 0 Å². The molecule has 0 unspecified atom stereocenters. The van der Waals surface area contributed by atoms with Gasteiger partial charge in [0.1, 0.15) is 18.2 Å². The number of rotatable bonds is 7. The number of imidazole rings is 1. The molecule has 1 heterocycles. The lowest BCUT2D eigenvalue weighted by Gasteiger charge is -2.13. The van der Waals surface area contributed by atoms with Crippen LogP contribution in [0.1, 0.15) is 34.5 Å². The summed E-state index contributed by atoms with van der Waals surface area (Å²) in [4.78, 5) is 17.0. The SMILES string of the molecule is CCOC(=O)c1c(C)nc(COc2ccccc2)n1Cc1ccccc1. The van der Waals surface area contributed by atoms with Crippen LogP contribution in [0, 0.1) is 6.92 Å². The predicted molar refractivity (Wildman–Crippen MR) is 99.2 cm³/mol. The first-order valence-corrected chi connectivity index (χ1v) is 8.64. The Bertz CT molecular complexity index is 858. The highest BCUT2D eigenvalue weighted by Gasteiger charge is 2.22. The fraction of sp³-hybridized carbons (Fsp3) is 0.238. The molecule has 3 rings (SSSR count). The van der Waals surface area contributed by atoms with E-state index >= 15 is 0 Å². The van der Waals surface area contributed by atoms with E-state index in [4.69, 9.17) is 9.47 Å². The van der Waals surface area contributed by atoms with Gasteiger partial charge in [-0.1, -0.05) is 48.5 Å². The van der Waals surface area contributed by atoms with E-state index in [1.54, 1.807) is 6.92 Å². The summed E-state index contributed by atoms with van der Waals surface area (Å²) in [5, 5.41) is 0. The number of para-hydroxylation sites is 1. The van der Waals surface area contributed by atoms with Crippen LogP contribution in [-0.4, -0.2) is 22.1 Å². The number of aryl methyl sites for hydroxylation is 1. The molecule has 0 bridgehead atoms. The normalized spacial score (nSPS) is 10.5. The maximum absolute atomic E-state index is 12.4. The number of hydrogen-bond donors (Lipinski definition) is 0. The largest absolute Gasteiger partial charge is 0.486 e. The average molecular weight is 350 g/mol. The molecule has 0 spiro atoms. The smallest absolute Gasteiger partial charge is 0.356 e. The van der Waals surface area contributed by atoms with Crippen molar-refractivity contribution in [2.75, 3.05) is 6.61 Å². The summed E-state index contributed by atoms with van der Waals surface area (Å²) in [5.74, 6) is 1.09. The van der Waals surface area contributed by atoms with Gasteiger partial charge < -0.3 is 14.0 Å². The summed E-state index contributed by atoms with van der Waals surface area (Å²) < 4.78 is 12.9. The van der Waals surface area contributed by atoms with Gasteiger partial charge in [-0.05, 0) is 31.5 Å². The van der Waals surface area contributed by atoms with Crippen molar-refractivity contribution >= 4 is 5.97 Å². The Hall–Kier alpha value is -3.08. The van der Waals surface area contributed by atoms with Gasteiger partial charge in [0.2, 0.25) is 0 Å². The van der Waals surface area contributed by atoms with Crippen LogP contribution in [0.5, 0.6) is 5.75 Å². The maximum Gasteiger partial charge on any atom is 0.356 e. The third-order valence-corrected chi connectivity index (χ3v) is 3.98. The van der Waals surface area contributed by atoms with E-state index in [1.807, 2.05) is 72.2 Å². The minimum Gasteiger partial charge on any atom is -0.486 e. The van der Waals surface area contributed by atoms with E-state index in [9.17, 15) is 4.79 Å². The first-order chi connectivity index (χ1) is 12.7. The van der Waals surface area contributed by atoms with Crippen LogP contribution >= 0.6 is 0 Å². The second kappa shape index (κ2) is 8.34. The third-order valence-electron chi connectivity index (χ3n) is 3.98. The third kappa shape index (κ3) is 4.11. The Balaban J connectivity index is 1.92. The molecule has 0 radical (unpaired) electrons. The lowest BCUT2D eigenvalue weighted by atomic mass is 10.2. The van der Waals surface area contributed by atoms with Crippen LogP contribution in [-0.2, 0) is 17.9 Å². The molecule has 0 aliphatic rings. The maximum atomic E-state index is 12.4. The molecule has 134 valence electrons. The fourth-order valence-corrected chi connectivity index (χ4v) is 2.80. The topological polar surface area (TPSA) is 53.4 Å². The van der Waals surface area contributed by atoms with Gasteiger partial charge in [0.25, 0.3) is 0 Å². The van der Waals surface area contributed by atoms with Crippen LogP contribution in [0.4, 0.5) is 0 Å². The molecule has 0 saturated carbocycles. The van der Waals surface area contributed by atoms with E-state index in [-0.39, 0.29) is 12.6 Å². The van der Waals surface area contributed by atoms with Gasteiger partial charge in [-0.2, -0.15) is 0 Å². The summed E-state index contributed by atoms with van der Waals surface area (Å²) >= 11 is 0. The Kier molecular flexibility index (Phi) is 5.69. The Morgan fingerprint density at radius 2 is 1.69 bits per heavy atom. The van der Waals surface area contributed by atoms with E-state index < -0.39 is 0 Å². The quantitative estimate of drug-likeness (QED) is 0.605. The molecule has 0 N–H and O–H groups in total. The summed E-state index contributed by atoms with van der Waals surface area (Å²) in [6.07, 6.45) is 0. The highest BCUT2D eigenvalue weighted by Crippen LogP contribution is 2.18. The summed E-state index contributed by atoms with van der Waals surface area (Å²) in [6, 6.07) is 19.5. The number of hydrogen-bond acceptors (Lipinski definition) is 4. The molecule has 0 aliphatic heterocycles. The van der Waals surface area contributed by atoms with Crippen molar-refractivity contribution < 1.29 is 14.3 Å². The molecular formula is C21H22N2O3. The van der Waals surface area contributed by atoms with Crippen molar-refractivity contribution in [2.45, 2.75) is 27.0 Å². The second-order valence-corrected chi connectivity index (χ2v) is 5.86. The van der Waals surface area contributed by atoms with Gasteiger partial charge >= 0.3 is 5.97 Å². The first kappa shape index (κ1) is 17.7. The van der Waals surface area contributed by atoms with E-state index in [0.717, 1.165) is 11.3 Å². The number of ether oxygens (including phenoxy) is 2. The lowest BCUT2D eigenvalue weighted by molar-refractivity contribution is 0.0512. The minimum atomic E-state index is -0.362. The van der Waals surface area contributed by atoms with Gasteiger partial charge in [-0.15, -0.1) is 0 Å². The molecular weight excluding hydrogens is 328 g/mol. The summed E-state index contributed by atoms with van der Waals surface area (Å²) in [6.45, 7) is 4.75. The number of esters is 1. The monoisotopic (exact) mass is 350 g/mol. The van der Waals surface area contributed by atoms with Crippen LogP contribution < -0.4 is 4.74 Å². The molecule has 0 fully saturated rings. The zero-order valence-electron chi connectivity index (χ0n) is 15.0. The molecule has 5 heteroatoms. The summed E-state index contributed by atoms with van der Waals surface area (Å²) in [5.41, 5.74) is 2.20. The van der Waals surface area contributed by atoms with Crippen molar-refractivity contribution in [3.63, 3.8) is 0 Å². The van der Waals surface area contributed by atoms with E-state index in [0.29, 0.717) is 30.4 Å². The predicted octanol–water partition coefficient (Wildman–Crippen LogP) is 4.00. The summed E-state index contributed by atoms with van der Waals surface area (Å²) in [7, 11) is 0. The number of carbonyl (C=O) groups is 1. The Morgan fingerprint density at radius 1 is 1.04 bits per heavy atom. The molecule has 0 amide bonds. The fourth-order valence-electron chi connectivity index (χ4n) is 2.80. The lowest BCUT2D eigenvalue weighted by Crippen LogP contribution is -2.16. The van der Waals surface area contributed by atoms with Gasteiger partial charge in [0.05, 0.1) is 12.3 Å². The molecule has 5 nitrogen and oxygen atoms in total. The van der Waals surface area contributed by atoms with E-state index in [2.05, 4.69) is 4.98 Å². The van der Waals surface area contributed by atoms with Gasteiger partial charge in [0, 0.05) is 6.54 Å². The van der Waals surface area contributed by atoms with E-state index in [1.165, 1.54) is 0 Å². The number of carbonyl (C=O) groups excluding carboxylic acids is 1. The molecule has 26 heavy (non-hydrogen) atoms. The number of nitrogens with zero attached hydrogens (tertiary/aromatic N) is 2. The molecule has 2 aromatic carbocycles. The minimum absolute atomic E-state index is 0.275. The van der Waals surface area contributed by atoms with Crippen LogP contribution in [0.2, 0.25) is 0 Å². The first-order valence-electron chi connectivity index (χ1n) is 8.64. The molecule has 1 aromatic heterocycles. The van der Waals surface area contributed by atoms with Gasteiger partial charge in [0.15, 0.2) is 5.69 Å². The van der Waals surface area contributed by atoms with Gasteiger partial charge in [-0.25, -0.2) is 9.78 Å². The van der Waals surface area contributed by atoms with Crippen molar-refractivity contribution in [1.82, 2.24) is 9.55 Å². The molecule has 0 atom stereocenters. The Labute approximate surface area is 153 Å².